The fourth-order valence-corrected chi connectivity index (χ4v) is 6.85. The van der Waals surface area contributed by atoms with E-state index in [-0.39, 0.29) is 19.1 Å². The highest BCUT2D eigenvalue weighted by molar-refractivity contribution is 5.13. The van der Waals surface area contributed by atoms with E-state index in [2.05, 4.69) is 0 Å². The van der Waals surface area contributed by atoms with Gasteiger partial charge >= 0.3 is 0 Å². The van der Waals surface area contributed by atoms with Crippen molar-refractivity contribution in [2.45, 2.75) is 130 Å². The van der Waals surface area contributed by atoms with E-state index in [0.717, 1.165) is 5.56 Å². The van der Waals surface area contributed by atoms with Crippen LogP contribution >= 0.6 is 0 Å². The van der Waals surface area contributed by atoms with Gasteiger partial charge in [0.15, 0.2) is 18.9 Å². The normalized spacial score (nSPS) is 47.7. The van der Waals surface area contributed by atoms with E-state index >= 15 is 0 Å². The summed E-state index contributed by atoms with van der Waals surface area (Å²) in [5, 5.41) is 74.4. The highest BCUT2D eigenvalue weighted by Gasteiger charge is 2.54. The van der Waals surface area contributed by atoms with Crippen molar-refractivity contribution in [3.8, 4) is 0 Å². The zero-order chi connectivity index (χ0) is 35.6. The SMILES string of the molecule is CC1CC(N)C(OC2OC(CO)C(OCc3ccccc3)C(O)C2N)C(OC2OC(CO)C(OC3OC(CN)C(O)C(O)C3N)C2O)C1O. The lowest BCUT2D eigenvalue weighted by Gasteiger charge is -2.48. The predicted octanol–water partition coefficient (Wildman–Crippen LogP) is -5.33. The van der Waals surface area contributed by atoms with Gasteiger partial charge in [-0.2, -0.15) is 0 Å². The Morgan fingerprint density at radius 1 is 0.653 bits per heavy atom. The summed E-state index contributed by atoms with van der Waals surface area (Å²) in [5.41, 5.74) is 25.4. The largest absolute Gasteiger partial charge is 0.394 e. The summed E-state index contributed by atoms with van der Waals surface area (Å²) in [4.78, 5) is 0. The third-order valence-corrected chi connectivity index (χ3v) is 9.82. The molecule has 1 aliphatic carbocycles. The van der Waals surface area contributed by atoms with Crippen LogP contribution in [0.15, 0.2) is 30.3 Å². The van der Waals surface area contributed by atoms with Crippen LogP contribution in [0.1, 0.15) is 18.9 Å². The van der Waals surface area contributed by atoms with Gasteiger partial charge in [0.25, 0.3) is 0 Å². The third-order valence-electron chi connectivity index (χ3n) is 9.82. The molecule has 3 saturated heterocycles. The molecule has 0 amide bonds. The first-order valence-electron chi connectivity index (χ1n) is 16.6. The quantitative estimate of drug-likeness (QED) is 0.0968. The topological polar surface area (TPSA) is 310 Å². The van der Waals surface area contributed by atoms with E-state index < -0.39 is 123 Å². The van der Waals surface area contributed by atoms with Crippen LogP contribution in [-0.4, -0.2) is 166 Å². The van der Waals surface area contributed by atoms with Crippen LogP contribution < -0.4 is 22.9 Å². The summed E-state index contributed by atoms with van der Waals surface area (Å²) >= 11 is 0. The Bertz CT molecular complexity index is 1160. The summed E-state index contributed by atoms with van der Waals surface area (Å²) in [6.45, 7) is 0.573. The van der Waals surface area contributed by atoms with Gasteiger partial charge in [0.1, 0.15) is 67.1 Å². The first kappa shape index (κ1) is 38.7. The molecule has 15 N–H and O–H groups in total. The van der Waals surface area contributed by atoms with Gasteiger partial charge < -0.3 is 91.8 Å². The van der Waals surface area contributed by atoms with E-state index in [0.29, 0.717) is 6.42 Å². The first-order valence-corrected chi connectivity index (χ1v) is 16.6. The van der Waals surface area contributed by atoms with E-state index in [4.69, 9.17) is 56.1 Å². The molecule has 0 spiro atoms. The van der Waals surface area contributed by atoms with Gasteiger partial charge in [0.2, 0.25) is 0 Å². The molecule has 0 aromatic heterocycles. The van der Waals surface area contributed by atoms with Crippen molar-refractivity contribution in [1.82, 2.24) is 0 Å². The molecule has 4 aliphatic rings. The van der Waals surface area contributed by atoms with Gasteiger partial charge in [0.05, 0.1) is 38.0 Å². The van der Waals surface area contributed by atoms with Crippen molar-refractivity contribution in [3.05, 3.63) is 35.9 Å². The summed E-state index contributed by atoms with van der Waals surface area (Å²) in [5.74, 6) is -0.388. The molecule has 19 atom stereocenters. The lowest BCUT2D eigenvalue weighted by atomic mass is 9.80. The summed E-state index contributed by atoms with van der Waals surface area (Å²) in [7, 11) is 0. The second-order valence-corrected chi connectivity index (χ2v) is 13.3. The van der Waals surface area contributed by atoms with Crippen molar-refractivity contribution < 1.29 is 68.9 Å². The van der Waals surface area contributed by atoms with E-state index in [9.17, 15) is 35.7 Å². The molecule has 5 rings (SSSR count). The maximum atomic E-state index is 11.3. The molecule has 0 bridgehead atoms. The van der Waals surface area contributed by atoms with Gasteiger partial charge in [0, 0.05) is 12.6 Å². The fourth-order valence-electron chi connectivity index (χ4n) is 6.85. The lowest BCUT2D eigenvalue weighted by Crippen LogP contribution is -2.66. The number of aliphatic hydroxyl groups is 7. The van der Waals surface area contributed by atoms with Crippen LogP contribution in [0.5, 0.6) is 0 Å². The molecule has 3 aliphatic heterocycles. The molecule has 4 fully saturated rings. The monoisotopic (exact) mass is 704 g/mol. The minimum absolute atomic E-state index is 0.131. The zero-order valence-corrected chi connectivity index (χ0v) is 27.2. The molecule has 1 saturated carbocycles. The average molecular weight is 705 g/mol. The van der Waals surface area contributed by atoms with Crippen LogP contribution in [0.2, 0.25) is 0 Å². The summed E-state index contributed by atoms with van der Waals surface area (Å²) in [6.07, 6.45) is -18.6. The molecule has 49 heavy (non-hydrogen) atoms. The van der Waals surface area contributed by atoms with E-state index in [1.807, 2.05) is 30.3 Å². The number of aliphatic hydroxyl groups excluding tert-OH is 7. The van der Waals surface area contributed by atoms with Gasteiger partial charge in [-0.3, -0.25) is 0 Å². The maximum absolute atomic E-state index is 11.3. The predicted molar refractivity (Wildman–Crippen MR) is 167 cm³/mol. The first-order chi connectivity index (χ1) is 23.4. The Labute approximate surface area is 283 Å². The third kappa shape index (κ3) is 8.27. The highest BCUT2D eigenvalue weighted by Crippen LogP contribution is 2.36. The Hall–Kier alpha value is -1.50. The molecule has 18 heteroatoms. The van der Waals surface area contributed by atoms with E-state index in [1.54, 1.807) is 6.92 Å². The minimum atomic E-state index is -1.58. The molecule has 3 heterocycles. The van der Waals surface area contributed by atoms with Crippen LogP contribution in [0.4, 0.5) is 0 Å². The standard InChI is InChI=1S/C31H52N4O14/c1-12-7-14(33)25(47-30-19(35)23(41)26(16(9-36)45-30)43-11-13-5-3-2-4-6-13)28(20(12)38)49-31-24(42)27(17(10-37)46-31)48-29-18(34)22(40)21(39)15(8-32)44-29/h2-6,12,14-31,36-42H,7-11,32-35H2,1H3. The van der Waals surface area contributed by atoms with E-state index in [1.165, 1.54) is 0 Å². The smallest absolute Gasteiger partial charge is 0.187 e. The number of benzene rings is 1. The Morgan fingerprint density at radius 2 is 1.20 bits per heavy atom. The Morgan fingerprint density at radius 3 is 1.84 bits per heavy atom. The summed E-state index contributed by atoms with van der Waals surface area (Å²) < 4.78 is 41.5. The van der Waals surface area contributed by atoms with Crippen molar-refractivity contribution >= 4 is 0 Å². The molecule has 0 radical (unpaired) electrons. The van der Waals surface area contributed by atoms with Gasteiger partial charge in [-0.25, -0.2) is 0 Å². The van der Waals surface area contributed by atoms with Crippen LogP contribution in [0.3, 0.4) is 0 Å². The van der Waals surface area contributed by atoms with Crippen molar-refractivity contribution in [2.75, 3.05) is 19.8 Å². The Balaban J connectivity index is 1.28. The fraction of sp³-hybridized carbons (Fsp3) is 0.806. The van der Waals surface area contributed by atoms with Crippen LogP contribution in [0.25, 0.3) is 0 Å². The molecular weight excluding hydrogens is 652 g/mol. The van der Waals surface area contributed by atoms with Gasteiger partial charge in [-0.05, 0) is 17.9 Å². The molecular formula is C31H52N4O14. The minimum Gasteiger partial charge on any atom is -0.394 e. The second-order valence-electron chi connectivity index (χ2n) is 13.3. The number of ether oxygens (including phenoxy) is 7. The molecule has 19 unspecified atom stereocenters. The maximum Gasteiger partial charge on any atom is 0.187 e. The zero-order valence-electron chi connectivity index (χ0n) is 27.2. The summed E-state index contributed by atoms with van der Waals surface area (Å²) in [6, 6.07) is 6.09. The number of nitrogens with two attached hydrogens (primary N) is 4. The lowest BCUT2D eigenvalue weighted by molar-refractivity contribution is -0.316. The molecule has 1 aromatic carbocycles. The van der Waals surface area contributed by atoms with Crippen LogP contribution in [-0.2, 0) is 39.8 Å². The Kier molecular flexibility index (Phi) is 13.3. The number of rotatable bonds is 12. The van der Waals surface area contributed by atoms with Crippen LogP contribution in [0, 0.1) is 5.92 Å². The molecule has 1 aromatic rings. The van der Waals surface area contributed by atoms with Crippen molar-refractivity contribution in [3.63, 3.8) is 0 Å². The second kappa shape index (κ2) is 16.9. The van der Waals surface area contributed by atoms with Crippen molar-refractivity contribution in [2.24, 2.45) is 28.9 Å². The van der Waals surface area contributed by atoms with Crippen molar-refractivity contribution in [1.29, 1.82) is 0 Å². The molecule has 18 nitrogen and oxygen atoms in total. The average Bonchev–Trinajstić information content (AvgIpc) is 3.39. The van der Waals surface area contributed by atoms with Gasteiger partial charge in [-0.1, -0.05) is 37.3 Å². The number of hydrogen-bond donors (Lipinski definition) is 11. The molecule has 280 valence electrons. The number of hydrogen-bond acceptors (Lipinski definition) is 18. The highest BCUT2D eigenvalue weighted by atomic mass is 16.8. The van der Waals surface area contributed by atoms with Gasteiger partial charge in [-0.15, -0.1) is 0 Å².